The molecule has 0 bridgehead atoms. The lowest BCUT2D eigenvalue weighted by Crippen LogP contribution is -2.48. The van der Waals surface area contributed by atoms with Crippen molar-refractivity contribution >= 4 is 5.91 Å². The molecule has 2 rings (SSSR count). The maximum Gasteiger partial charge on any atom is 0.227 e. The number of piperidine rings is 2. The van der Waals surface area contributed by atoms with Gasteiger partial charge in [0.25, 0.3) is 0 Å². The standard InChI is InChI=1S/C12H22N2O2/c1-16-11-5-3-7-14(9-11)12(15)10-4-2-6-13-8-10/h10-11,13H,2-9H2,1H3/t10-,11-/m1/s1. The third-order valence-electron chi connectivity index (χ3n) is 3.67. The summed E-state index contributed by atoms with van der Waals surface area (Å²) in [6.45, 7) is 3.61. The minimum absolute atomic E-state index is 0.198. The molecule has 2 aliphatic heterocycles. The molecular weight excluding hydrogens is 204 g/mol. The van der Waals surface area contributed by atoms with E-state index in [0.29, 0.717) is 5.91 Å². The van der Waals surface area contributed by atoms with Crippen molar-refractivity contribution in [1.29, 1.82) is 0 Å². The summed E-state index contributed by atoms with van der Waals surface area (Å²) in [5.74, 6) is 0.526. The molecule has 0 spiro atoms. The normalized spacial score (nSPS) is 31.4. The van der Waals surface area contributed by atoms with Gasteiger partial charge >= 0.3 is 0 Å². The molecule has 2 atom stereocenters. The molecule has 16 heavy (non-hydrogen) atoms. The van der Waals surface area contributed by atoms with Crippen molar-refractivity contribution in [1.82, 2.24) is 10.2 Å². The minimum atomic E-state index is 0.198. The highest BCUT2D eigenvalue weighted by Crippen LogP contribution is 2.18. The molecule has 0 radical (unpaired) electrons. The fraction of sp³-hybridized carbons (Fsp3) is 0.917. The number of amides is 1. The average Bonchev–Trinajstić information content (AvgIpc) is 2.39. The Morgan fingerprint density at radius 3 is 2.94 bits per heavy atom. The number of nitrogens with one attached hydrogen (secondary N) is 1. The van der Waals surface area contributed by atoms with Crippen molar-refractivity contribution in [2.24, 2.45) is 5.92 Å². The van der Waals surface area contributed by atoms with Crippen LogP contribution in [-0.4, -0.2) is 50.2 Å². The molecule has 0 aliphatic carbocycles. The van der Waals surface area contributed by atoms with Gasteiger partial charge < -0.3 is 15.0 Å². The summed E-state index contributed by atoms with van der Waals surface area (Å²) in [4.78, 5) is 14.2. The molecule has 2 saturated heterocycles. The third-order valence-corrected chi connectivity index (χ3v) is 3.67. The zero-order valence-corrected chi connectivity index (χ0v) is 10.1. The summed E-state index contributed by atoms with van der Waals surface area (Å²) in [6, 6.07) is 0. The molecule has 0 aromatic heterocycles. The highest BCUT2D eigenvalue weighted by molar-refractivity contribution is 5.79. The molecular formula is C12H22N2O2. The van der Waals surface area contributed by atoms with Crippen LogP contribution in [0.15, 0.2) is 0 Å². The van der Waals surface area contributed by atoms with E-state index >= 15 is 0 Å². The second-order valence-corrected chi connectivity index (χ2v) is 4.83. The van der Waals surface area contributed by atoms with Gasteiger partial charge in [0, 0.05) is 26.7 Å². The summed E-state index contributed by atoms with van der Waals surface area (Å²) in [7, 11) is 1.74. The first-order chi connectivity index (χ1) is 7.81. The summed E-state index contributed by atoms with van der Waals surface area (Å²) in [5.41, 5.74) is 0. The summed E-state index contributed by atoms with van der Waals surface area (Å²) >= 11 is 0. The number of nitrogens with zero attached hydrogens (tertiary/aromatic N) is 1. The highest BCUT2D eigenvalue weighted by Gasteiger charge is 2.29. The van der Waals surface area contributed by atoms with E-state index < -0.39 is 0 Å². The first-order valence-corrected chi connectivity index (χ1v) is 6.33. The van der Waals surface area contributed by atoms with Crippen LogP contribution in [0.1, 0.15) is 25.7 Å². The van der Waals surface area contributed by atoms with Crippen LogP contribution in [0.4, 0.5) is 0 Å². The van der Waals surface area contributed by atoms with Gasteiger partial charge in [0.1, 0.15) is 0 Å². The van der Waals surface area contributed by atoms with Gasteiger partial charge in [0.05, 0.1) is 12.0 Å². The summed E-state index contributed by atoms with van der Waals surface area (Å²) in [6.07, 6.45) is 4.57. The zero-order chi connectivity index (χ0) is 11.4. The predicted molar refractivity (Wildman–Crippen MR) is 62.2 cm³/mol. The maximum absolute atomic E-state index is 12.2. The van der Waals surface area contributed by atoms with Gasteiger partial charge in [-0.1, -0.05) is 0 Å². The van der Waals surface area contributed by atoms with Gasteiger partial charge in [-0.15, -0.1) is 0 Å². The molecule has 2 heterocycles. The molecule has 1 N–H and O–H groups in total. The summed E-state index contributed by atoms with van der Waals surface area (Å²) in [5, 5.41) is 3.30. The molecule has 1 amide bonds. The highest BCUT2D eigenvalue weighted by atomic mass is 16.5. The first-order valence-electron chi connectivity index (χ1n) is 6.33. The van der Waals surface area contributed by atoms with Crippen molar-refractivity contribution < 1.29 is 9.53 Å². The van der Waals surface area contributed by atoms with Crippen molar-refractivity contribution in [3.05, 3.63) is 0 Å². The van der Waals surface area contributed by atoms with Gasteiger partial charge in [-0.2, -0.15) is 0 Å². The fourth-order valence-electron chi connectivity index (χ4n) is 2.65. The molecule has 0 unspecified atom stereocenters. The van der Waals surface area contributed by atoms with Crippen LogP contribution in [0, 0.1) is 5.92 Å². The van der Waals surface area contributed by atoms with Crippen LogP contribution in [-0.2, 0) is 9.53 Å². The molecule has 92 valence electrons. The Hall–Kier alpha value is -0.610. The van der Waals surface area contributed by atoms with Crippen LogP contribution >= 0.6 is 0 Å². The molecule has 2 aliphatic rings. The van der Waals surface area contributed by atoms with E-state index in [4.69, 9.17) is 4.74 Å². The minimum Gasteiger partial charge on any atom is -0.380 e. The zero-order valence-electron chi connectivity index (χ0n) is 10.1. The lowest BCUT2D eigenvalue weighted by Gasteiger charge is -2.35. The van der Waals surface area contributed by atoms with E-state index in [9.17, 15) is 4.79 Å². The molecule has 2 fully saturated rings. The second-order valence-electron chi connectivity index (χ2n) is 4.83. The van der Waals surface area contributed by atoms with Crippen molar-refractivity contribution in [2.75, 3.05) is 33.3 Å². The smallest absolute Gasteiger partial charge is 0.227 e. The van der Waals surface area contributed by atoms with E-state index in [-0.39, 0.29) is 12.0 Å². The number of carbonyl (C=O) groups is 1. The Kier molecular flexibility index (Phi) is 4.18. The Morgan fingerprint density at radius 2 is 2.25 bits per heavy atom. The average molecular weight is 226 g/mol. The lowest BCUT2D eigenvalue weighted by atomic mass is 9.96. The van der Waals surface area contributed by atoms with E-state index in [1.807, 2.05) is 4.90 Å². The number of rotatable bonds is 2. The maximum atomic E-state index is 12.2. The van der Waals surface area contributed by atoms with Crippen molar-refractivity contribution in [3.8, 4) is 0 Å². The van der Waals surface area contributed by atoms with E-state index in [2.05, 4.69) is 5.32 Å². The topological polar surface area (TPSA) is 41.6 Å². The molecule has 0 saturated carbocycles. The number of hydrogen-bond acceptors (Lipinski definition) is 3. The van der Waals surface area contributed by atoms with Crippen LogP contribution in [0.25, 0.3) is 0 Å². The van der Waals surface area contributed by atoms with Gasteiger partial charge in [-0.05, 0) is 32.2 Å². The number of hydrogen-bond donors (Lipinski definition) is 1. The number of ether oxygens (including phenoxy) is 1. The van der Waals surface area contributed by atoms with Crippen LogP contribution < -0.4 is 5.32 Å². The predicted octanol–water partition coefficient (Wildman–Crippen LogP) is 0.623. The Bertz CT molecular complexity index is 239. The third kappa shape index (κ3) is 2.74. The number of likely N-dealkylation sites (tertiary alicyclic amines) is 1. The number of carbonyl (C=O) groups excluding carboxylic acids is 1. The fourth-order valence-corrected chi connectivity index (χ4v) is 2.65. The summed E-state index contributed by atoms with van der Waals surface area (Å²) < 4.78 is 5.35. The molecule has 0 aromatic carbocycles. The molecule has 0 aromatic rings. The van der Waals surface area contributed by atoms with Gasteiger partial charge in [0.15, 0.2) is 0 Å². The van der Waals surface area contributed by atoms with Crippen molar-refractivity contribution in [3.63, 3.8) is 0 Å². The van der Waals surface area contributed by atoms with E-state index in [1.165, 1.54) is 0 Å². The first kappa shape index (κ1) is 11.9. The van der Waals surface area contributed by atoms with Crippen LogP contribution in [0.3, 0.4) is 0 Å². The van der Waals surface area contributed by atoms with Crippen LogP contribution in [0.2, 0.25) is 0 Å². The largest absolute Gasteiger partial charge is 0.380 e. The Balaban J connectivity index is 1.87. The SMILES string of the molecule is CO[C@@H]1CCCN(C(=O)[C@@H]2CCCNC2)C1. The quantitative estimate of drug-likeness (QED) is 0.750. The van der Waals surface area contributed by atoms with E-state index in [1.54, 1.807) is 7.11 Å². The lowest BCUT2D eigenvalue weighted by molar-refractivity contribution is -0.139. The Morgan fingerprint density at radius 1 is 1.38 bits per heavy atom. The Labute approximate surface area is 97.3 Å². The molecule has 4 heteroatoms. The van der Waals surface area contributed by atoms with Gasteiger partial charge in [-0.25, -0.2) is 0 Å². The molecule has 4 nitrogen and oxygen atoms in total. The van der Waals surface area contributed by atoms with Crippen LogP contribution in [0.5, 0.6) is 0 Å². The van der Waals surface area contributed by atoms with Gasteiger partial charge in [0.2, 0.25) is 5.91 Å². The van der Waals surface area contributed by atoms with E-state index in [0.717, 1.165) is 51.9 Å². The number of methoxy groups -OCH3 is 1. The second kappa shape index (κ2) is 5.64. The van der Waals surface area contributed by atoms with Gasteiger partial charge in [-0.3, -0.25) is 4.79 Å². The monoisotopic (exact) mass is 226 g/mol. The van der Waals surface area contributed by atoms with Crippen molar-refractivity contribution in [2.45, 2.75) is 31.8 Å².